The molecule has 5 heteroatoms. The molecule has 20 heavy (non-hydrogen) atoms. The van der Waals surface area contributed by atoms with Gasteiger partial charge >= 0.3 is 11.9 Å². The van der Waals surface area contributed by atoms with Crippen LogP contribution in [-0.4, -0.2) is 23.7 Å². The predicted molar refractivity (Wildman–Crippen MR) is 76.9 cm³/mol. The third kappa shape index (κ3) is 3.12. The molecule has 0 heterocycles. The molecule has 0 aliphatic heterocycles. The molecular weight excluding hydrogens is 280 g/mol. The van der Waals surface area contributed by atoms with Crippen LogP contribution in [-0.2, 0) is 19.7 Å². The van der Waals surface area contributed by atoms with Crippen LogP contribution < -0.4 is 0 Å². The molecule has 1 unspecified atom stereocenters. The van der Waals surface area contributed by atoms with Crippen LogP contribution in [0.5, 0.6) is 0 Å². The number of rotatable bonds is 6. The molecule has 110 valence electrons. The molecule has 1 aromatic carbocycles. The highest BCUT2D eigenvalue weighted by molar-refractivity contribution is 6.32. The van der Waals surface area contributed by atoms with E-state index in [0.717, 1.165) is 0 Å². The smallest absolute Gasteiger partial charge is 0.328 e. The van der Waals surface area contributed by atoms with Gasteiger partial charge < -0.3 is 9.84 Å². The lowest BCUT2D eigenvalue weighted by molar-refractivity contribution is -0.162. The molecule has 0 radical (unpaired) electrons. The molecule has 0 aromatic heterocycles. The normalized spacial score (nSPS) is 13.8. The van der Waals surface area contributed by atoms with Gasteiger partial charge in [0.05, 0.1) is 6.61 Å². The van der Waals surface area contributed by atoms with Crippen LogP contribution in [0.15, 0.2) is 24.3 Å². The zero-order chi connectivity index (χ0) is 15.3. The second-order valence-electron chi connectivity index (χ2n) is 5.01. The van der Waals surface area contributed by atoms with Crippen molar-refractivity contribution in [1.82, 2.24) is 0 Å². The van der Waals surface area contributed by atoms with Gasteiger partial charge in [0.25, 0.3) is 0 Å². The highest BCUT2D eigenvalue weighted by Gasteiger charge is 2.50. The summed E-state index contributed by atoms with van der Waals surface area (Å²) in [5.74, 6) is -2.01. The minimum atomic E-state index is -1.76. The molecule has 0 aliphatic carbocycles. The zero-order valence-electron chi connectivity index (χ0n) is 11.9. The number of aliphatic carboxylic acids is 1. The number of halogens is 1. The SMILES string of the molecule is CCOC(=O)C(CC(C)C)(C(=O)O)c1ccccc1Cl. The summed E-state index contributed by atoms with van der Waals surface area (Å²) in [7, 11) is 0. The molecule has 1 rings (SSSR count). The van der Waals surface area contributed by atoms with Crippen LogP contribution >= 0.6 is 11.6 Å². The lowest BCUT2D eigenvalue weighted by Gasteiger charge is -2.30. The van der Waals surface area contributed by atoms with Crippen molar-refractivity contribution in [3.8, 4) is 0 Å². The summed E-state index contributed by atoms with van der Waals surface area (Å²) in [4.78, 5) is 24.2. The lowest BCUT2D eigenvalue weighted by atomic mass is 9.74. The summed E-state index contributed by atoms with van der Waals surface area (Å²) in [6.07, 6.45) is 0.130. The Kier molecular flexibility index (Phi) is 5.57. The predicted octanol–water partition coefficient (Wildman–Crippen LogP) is 3.27. The van der Waals surface area contributed by atoms with Crippen molar-refractivity contribution >= 4 is 23.5 Å². The van der Waals surface area contributed by atoms with Crippen molar-refractivity contribution in [2.45, 2.75) is 32.6 Å². The van der Waals surface area contributed by atoms with Crippen molar-refractivity contribution in [3.63, 3.8) is 0 Å². The molecule has 1 aromatic rings. The number of carboxylic acids is 1. The summed E-state index contributed by atoms with van der Waals surface area (Å²) in [6, 6.07) is 6.50. The number of hydrogen-bond acceptors (Lipinski definition) is 3. The molecule has 0 amide bonds. The number of ether oxygens (including phenoxy) is 1. The number of benzene rings is 1. The molecule has 4 nitrogen and oxygen atoms in total. The summed E-state index contributed by atoms with van der Waals surface area (Å²) in [6.45, 7) is 5.48. The van der Waals surface area contributed by atoms with E-state index in [9.17, 15) is 14.7 Å². The van der Waals surface area contributed by atoms with Gasteiger partial charge in [0.15, 0.2) is 5.41 Å². The fourth-order valence-electron chi connectivity index (χ4n) is 2.27. The van der Waals surface area contributed by atoms with Gasteiger partial charge in [-0.05, 0) is 30.9 Å². The molecule has 0 fully saturated rings. The van der Waals surface area contributed by atoms with Gasteiger partial charge in [0.1, 0.15) is 0 Å². The molecule has 0 bridgehead atoms. The summed E-state index contributed by atoms with van der Waals surface area (Å²) >= 11 is 6.11. The molecular formula is C15H19ClO4. The number of carbonyl (C=O) groups excluding carboxylic acids is 1. The Morgan fingerprint density at radius 2 is 1.95 bits per heavy atom. The topological polar surface area (TPSA) is 63.6 Å². The van der Waals surface area contributed by atoms with Crippen LogP contribution in [0.2, 0.25) is 5.02 Å². The molecule has 1 N–H and O–H groups in total. The van der Waals surface area contributed by atoms with Gasteiger partial charge in [-0.25, -0.2) is 0 Å². The third-order valence-corrected chi connectivity index (χ3v) is 3.37. The van der Waals surface area contributed by atoms with Gasteiger partial charge in [-0.1, -0.05) is 43.6 Å². The Labute approximate surface area is 123 Å². The molecule has 0 saturated carbocycles. The molecule has 0 aliphatic rings. The number of carboxylic acid groups (broad SMARTS) is 1. The highest BCUT2D eigenvalue weighted by Crippen LogP contribution is 2.37. The highest BCUT2D eigenvalue weighted by atomic mass is 35.5. The Bertz CT molecular complexity index is 498. The maximum atomic E-state index is 12.3. The first-order valence-electron chi connectivity index (χ1n) is 6.51. The quantitative estimate of drug-likeness (QED) is 0.646. The Morgan fingerprint density at radius 3 is 2.40 bits per heavy atom. The van der Waals surface area contributed by atoms with E-state index in [0.29, 0.717) is 0 Å². The fourth-order valence-corrected chi connectivity index (χ4v) is 2.56. The van der Waals surface area contributed by atoms with Crippen LogP contribution in [0.25, 0.3) is 0 Å². The number of carbonyl (C=O) groups is 2. The maximum absolute atomic E-state index is 12.3. The number of hydrogen-bond donors (Lipinski definition) is 1. The van der Waals surface area contributed by atoms with Gasteiger partial charge in [0.2, 0.25) is 0 Å². The monoisotopic (exact) mass is 298 g/mol. The Hall–Kier alpha value is -1.55. The van der Waals surface area contributed by atoms with Gasteiger partial charge in [-0.3, -0.25) is 9.59 Å². The van der Waals surface area contributed by atoms with Crippen molar-refractivity contribution in [3.05, 3.63) is 34.9 Å². The van der Waals surface area contributed by atoms with Crippen LogP contribution in [0, 0.1) is 5.92 Å². The van der Waals surface area contributed by atoms with Crippen LogP contribution in [0.3, 0.4) is 0 Å². The summed E-state index contributed by atoms with van der Waals surface area (Å²) in [5, 5.41) is 9.94. The fraction of sp³-hybridized carbons (Fsp3) is 0.467. The van der Waals surface area contributed by atoms with E-state index in [1.165, 1.54) is 0 Å². The van der Waals surface area contributed by atoms with E-state index in [-0.39, 0.29) is 29.5 Å². The van der Waals surface area contributed by atoms with Gasteiger partial charge in [0, 0.05) is 5.02 Å². The van der Waals surface area contributed by atoms with Crippen molar-refractivity contribution in [1.29, 1.82) is 0 Å². The standard InChI is InChI=1S/C15H19ClO4/c1-4-20-14(19)15(13(17)18,9-10(2)3)11-7-5-6-8-12(11)16/h5-8,10H,4,9H2,1-3H3,(H,17,18). The van der Waals surface area contributed by atoms with Crippen molar-refractivity contribution in [2.24, 2.45) is 5.92 Å². The largest absolute Gasteiger partial charge is 0.480 e. The van der Waals surface area contributed by atoms with Gasteiger partial charge in [-0.2, -0.15) is 0 Å². The second kappa shape index (κ2) is 6.75. The first-order valence-corrected chi connectivity index (χ1v) is 6.89. The lowest BCUT2D eigenvalue weighted by Crippen LogP contribution is -2.46. The Morgan fingerprint density at radius 1 is 1.35 bits per heavy atom. The van der Waals surface area contributed by atoms with E-state index in [1.54, 1.807) is 31.2 Å². The van der Waals surface area contributed by atoms with Gasteiger partial charge in [-0.15, -0.1) is 0 Å². The average molecular weight is 299 g/mol. The minimum Gasteiger partial charge on any atom is -0.480 e. The van der Waals surface area contributed by atoms with Crippen LogP contribution in [0.1, 0.15) is 32.8 Å². The number of esters is 1. The summed E-state index contributed by atoms with van der Waals surface area (Å²) in [5.41, 5.74) is -1.48. The minimum absolute atomic E-state index is 0.00761. The van der Waals surface area contributed by atoms with Crippen molar-refractivity contribution < 1.29 is 19.4 Å². The maximum Gasteiger partial charge on any atom is 0.328 e. The first-order chi connectivity index (χ1) is 9.36. The molecule has 1 atom stereocenters. The molecule has 0 saturated heterocycles. The average Bonchev–Trinajstić information content (AvgIpc) is 2.36. The molecule has 0 spiro atoms. The van der Waals surface area contributed by atoms with E-state index in [1.807, 2.05) is 13.8 Å². The van der Waals surface area contributed by atoms with Crippen LogP contribution in [0.4, 0.5) is 0 Å². The third-order valence-electron chi connectivity index (χ3n) is 3.04. The van der Waals surface area contributed by atoms with Crippen molar-refractivity contribution in [2.75, 3.05) is 6.61 Å². The van der Waals surface area contributed by atoms with E-state index >= 15 is 0 Å². The van der Waals surface area contributed by atoms with E-state index in [2.05, 4.69) is 0 Å². The zero-order valence-corrected chi connectivity index (χ0v) is 12.6. The summed E-state index contributed by atoms with van der Waals surface area (Å²) < 4.78 is 5.00. The second-order valence-corrected chi connectivity index (χ2v) is 5.42. The van der Waals surface area contributed by atoms with E-state index < -0.39 is 17.4 Å². The Balaban J connectivity index is 3.49. The first kappa shape index (κ1) is 16.5. The van der Waals surface area contributed by atoms with E-state index in [4.69, 9.17) is 16.3 Å².